The summed E-state index contributed by atoms with van der Waals surface area (Å²) in [7, 11) is 0. The smallest absolute Gasteiger partial charge is 0.174 e. The van der Waals surface area contributed by atoms with E-state index in [-0.39, 0.29) is 46.9 Å². The van der Waals surface area contributed by atoms with Gasteiger partial charge in [0, 0.05) is 6.42 Å². The molecule has 0 aromatic carbocycles. The zero-order valence-electron chi connectivity index (χ0n) is 20.8. The molecule has 0 radical (unpaired) electrons. The summed E-state index contributed by atoms with van der Waals surface area (Å²) < 4.78 is 0. The third kappa shape index (κ3) is 3.59. The number of aryl methyl sites for hydroxylation is 1. The molecule has 0 saturated heterocycles. The second-order valence-electron chi connectivity index (χ2n) is 12.6. The molecule has 1 aromatic rings. The van der Waals surface area contributed by atoms with Crippen molar-refractivity contribution in [3.8, 4) is 0 Å². The molecule has 7 nitrogen and oxygen atoms in total. The summed E-state index contributed by atoms with van der Waals surface area (Å²) in [5.74, 6) is 3.11. The maximum absolute atomic E-state index is 11.8. The molecule has 0 spiro atoms. The van der Waals surface area contributed by atoms with Gasteiger partial charge in [-0.2, -0.15) is 5.21 Å². The van der Waals surface area contributed by atoms with Crippen molar-refractivity contribution >= 4 is 0 Å². The van der Waals surface area contributed by atoms with E-state index in [1.165, 1.54) is 0 Å². The Balaban J connectivity index is 1.42. The minimum Gasteiger partial charge on any atom is -0.393 e. The molecule has 4 aliphatic carbocycles. The first kappa shape index (κ1) is 23.7. The molecular weight excluding hydrogens is 416 g/mol. The normalized spacial score (nSPS) is 50.3. The summed E-state index contributed by atoms with van der Waals surface area (Å²) >= 11 is 0. The Labute approximate surface area is 198 Å². The van der Waals surface area contributed by atoms with Gasteiger partial charge in [-0.15, -0.1) is 10.2 Å². The molecule has 1 aromatic heterocycles. The van der Waals surface area contributed by atoms with Crippen LogP contribution in [-0.2, 0) is 6.42 Å². The van der Waals surface area contributed by atoms with E-state index < -0.39 is 0 Å². The lowest BCUT2D eigenvalue weighted by Crippen LogP contribution is -2.62. The molecule has 33 heavy (non-hydrogen) atoms. The maximum atomic E-state index is 11.8. The summed E-state index contributed by atoms with van der Waals surface area (Å²) in [6.45, 7) is 9.37. The van der Waals surface area contributed by atoms with Crippen molar-refractivity contribution in [1.29, 1.82) is 0 Å². The molecule has 0 amide bonds. The third-order valence-electron chi connectivity index (χ3n) is 11.3. The van der Waals surface area contributed by atoms with Gasteiger partial charge in [0.1, 0.15) is 0 Å². The van der Waals surface area contributed by atoms with E-state index in [0.717, 1.165) is 63.6 Å². The molecular formula is C26H44N4O3. The van der Waals surface area contributed by atoms with E-state index in [9.17, 15) is 15.3 Å². The van der Waals surface area contributed by atoms with Crippen molar-refractivity contribution in [2.24, 2.45) is 52.3 Å². The minimum absolute atomic E-state index is 0.0495. The number of nitrogens with one attached hydrogen (secondary N) is 1. The number of aromatic nitrogens is 4. The number of aromatic amines is 1. The van der Waals surface area contributed by atoms with E-state index in [0.29, 0.717) is 23.7 Å². The topological polar surface area (TPSA) is 115 Å². The number of tetrazole rings is 1. The first-order valence-corrected chi connectivity index (χ1v) is 13.5. The van der Waals surface area contributed by atoms with Crippen LogP contribution < -0.4 is 0 Å². The van der Waals surface area contributed by atoms with Crippen molar-refractivity contribution < 1.29 is 15.3 Å². The van der Waals surface area contributed by atoms with Gasteiger partial charge in [-0.05, 0) is 97.2 Å². The zero-order chi connectivity index (χ0) is 23.5. The minimum atomic E-state index is -0.325. The van der Waals surface area contributed by atoms with Crippen LogP contribution in [0.25, 0.3) is 0 Å². The highest BCUT2D eigenvalue weighted by Gasteiger charge is 2.66. The fourth-order valence-electron chi connectivity index (χ4n) is 9.87. The second kappa shape index (κ2) is 8.56. The number of fused-ring (bicyclic) bond motifs is 5. The summed E-state index contributed by atoms with van der Waals surface area (Å²) in [5, 5.41) is 48.1. The van der Waals surface area contributed by atoms with Crippen molar-refractivity contribution in [3.05, 3.63) is 5.82 Å². The van der Waals surface area contributed by atoms with Crippen LogP contribution in [0, 0.1) is 52.3 Å². The molecule has 4 saturated carbocycles. The largest absolute Gasteiger partial charge is 0.393 e. The van der Waals surface area contributed by atoms with Gasteiger partial charge in [0.25, 0.3) is 0 Å². The highest BCUT2D eigenvalue weighted by molar-refractivity contribution is 5.15. The van der Waals surface area contributed by atoms with Gasteiger partial charge in [0.15, 0.2) is 5.82 Å². The Morgan fingerprint density at radius 1 is 1.03 bits per heavy atom. The van der Waals surface area contributed by atoms with Gasteiger partial charge >= 0.3 is 0 Å². The fraction of sp³-hybridized carbons (Fsp3) is 0.962. The third-order valence-corrected chi connectivity index (χ3v) is 11.3. The van der Waals surface area contributed by atoms with Crippen LogP contribution in [0.5, 0.6) is 0 Å². The van der Waals surface area contributed by atoms with E-state index in [1.807, 2.05) is 0 Å². The van der Waals surface area contributed by atoms with Crippen LogP contribution in [0.3, 0.4) is 0 Å². The highest BCUT2D eigenvalue weighted by Crippen LogP contribution is 2.69. The van der Waals surface area contributed by atoms with Gasteiger partial charge in [0.2, 0.25) is 0 Å². The number of aliphatic hydroxyl groups excluding tert-OH is 3. The quantitative estimate of drug-likeness (QED) is 0.536. The Morgan fingerprint density at radius 2 is 1.79 bits per heavy atom. The zero-order valence-corrected chi connectivity index (χ0v) is 20.8. The van der Waals surface area contributed by atoms with Crippen molar-refractivity contribution in [2.75, 3.05) is 0 Å². The molecule has 186 valence electrons. The van der Waals surface area contributed by atoms with Crippen LogP contribution in [0.2, 0.25) is 0 Å². The number of aliphatic hydroxyl groups is 3. The van der Waals surface area contributed by atoms with Crippen LogP contribution in [-0.4, -0.2) is 54.3 Å². The average Bonchev–Trinajstić information content (AvgIpc) is 3.38. The summed E-state index contributed by atoms with van der Waals surface area (Å²) in [4.78, 5) is 0. The Morgan fingerprint density at radius 3 is 2.48 bits per heavy atom. The van der Waals surface area contributed by atoms with Gasteiger partial charge in [-0.1, -0.05) is 39.3 Å². The van der Waals surface area contributed by atoms with Gasteiger partial charge in [-0.25, -0.2) is 0 Å². The second-order valence-corrected chi connectivity index (χ2v) is 12.6. The van der Waals surface area contributed by atoms with Gasteiger partial charge in [-0.3, -0.25) is 0 Å². The fourth-order valence-corrected chi connectivity index (χ4v) is 9.87. The predicted octanol–water partition coefficient (Wildman–Crippen LogP) is 3.37. The van der Waals surface area contributed by atoms with E-state index >= 15 is 0 Å². The van der Waals surface area contributed by atoms with E-state index in [4.69, 9.17) is 0 Å². The first-order chi connectivity index (χ1) is 15.7. The Kier molecular flexibility index (Phi) is 6.14. The molecule has 0 aliphatic heterocycles. The predicted molar refractivity (Wildman–Crippen MR) is 125 cm³/mol. The SMILES string of the molecule is CC[C@H]1[C@@H](O)[C@@H]2[C@H](CC[C@]3(C)[C@@H]([C@H](C)CCc4nn[nH]n4)[C@@H](O)C[C@@H]23)[C@@]2(C)CC[C@@H](O)C[C@@H]12. The molecule has 4 fully saturated rings. The number of H-pyrrole nitrogens is 1. The van der Waals surface area contributed by atoms with Crippen LogP contribution in [0.4, 0.5) is 0 Å². The summed E-state index contributed by atoms with van der Waals surface area (Å²) in [6, 6.07) is 0. The molecule has 0 bridgehead atoms. The number of hydrogen-bond acceptors (Lipinski definition) is 6. The van der Waals surface area contributed by atoms with E-state index in [2.05, 4.69) is 48.3 Å². The Hall–Kier alpha value is -1.05. The standard InChI is InChI=1S/C26H44N4O3/c1-5-16-18-12-15(31)8-10-25(18,3)17-9-11-26(4)19(22(17)24(16)33)13-20(32)23(26)14(2)6-7-21-27-29-30-28-21/h14-20,22-24,31-33H,5-13H2,1-4H3,(H,27,28,29,30)/t14-,15-,16-,17+,18+,19+,20+,22-,23+,24-,25-,26+/m1/s1. The molecule has 4 aliphatic rings. The molecule has 5 rings (SSSR count). The lowest BCUT2D eigenvalue weighted by molar-refractivity contribution is -0.203. The van der Waals surface area contributed by atoms with Crippen LogP contribution in [0.1, 0.15) is 84.9 Å². The number of nitrogens with zero attached hydrogens (tertiary/aromatic N) is 3. The van der Waals surface area contributed by atoms with Crippen molar-refractivity contribution in [3.63, 3.8) is 0 Å². The summed E-state index contributed by atoms with van der Waals surface area (Å²) in [6.07, 6.45) is 7.70. The highest BCUT2D eigenvalue weighted by atomic mass is 16.3. The molecule has 4 N–H and O–H groups in total. The van der Waals surface area contributed by atoms with Crippen molar-refractivity contribution in [1.82, 2.24) is 20.6 Å². The maximum Gasteiger partial charge on any atom is 0.174 e. The molecule has 12 atom stereocenters. The van der Waals surface area contributed by atoms with E-state index in [1.54, 1.807) is 0 Å². The number of hydrogen-bond donors (Lipinski definition) is 4. The Bertz CT molecular complexity index is 820. The monoisotopic (exact) mass is 460 g/mol. The number of rotatable bonds is 5. The molecule has 1 heterocycles. The molecule has 0 unspecified atom stereocenters. The van der Waals surface area contributed by atoms with Crippen molar-refractivity contribution in [2.45, 2.75) is 104 Å². The average molecular weight is 461 g/mol. The first-order valence-electron chi connectivity index (χ1n) is 13.5. The lowest BCUT2D eigenvalue weighted by Gasteiger charge is -2.64. The summed E-state index contributed by atoms with van der Waals surface area (Å²) in [5.41, 5.74) is 0.242. The van der Waals surface area contributed by atoms with Gasteiger partial charge < -0.3 is 15.3 Å². The van der Waals surface area contributed by atoms with Crippen LogP contribution in [0.15, 0.2) is 0 Å². The van der Waals surface area contributed by atoms with Gasteiger partial charge in [0.05, 0.1) is 18.3 Å². The molecule has 7 heteroatoms. The van der Waals surface area contributed by atoms with Crippen LogP contribution >= 0.6 is 0 Å². The lowest BCUT2D eigenvalue weighted by atomic mass is 9.41.